The van der Waals surface area contributed by atoms with E-state index in [4.69, 9.17) is 4.74 Å². The first kappa shape index (κ1) is 19.1. The zero-order valence-corrected chi connectivity index (χ0v) is 17.6. The first-order chi connectivity index (χ1) is 15.0. The van der Waals surface area contributed by atoms with Crippen LogP contribution in [-0.4, -0.2) is 37.5 Å². The third kappa shape index (κ3) is 3.70. The standard InChI is InChI=1S/C22H23N7O2/c1-12-24-20-16(9-19(27-21(20)25-12)28-22(30)13-4-5-13)26-15-7-6-14(8-18(15)31-3)17-10-23-11-29(17)2/h6-11,13H,4-5H2,1-3H3,(H3,24,25,26,27,28,30). The van der Waals surface area contributed by atoms with Gasteiger partial charge >= 0.3 is 0 Å². The summed E-state index contributed by atoms with van der Waals surface area (Å²) in [7, 11) is 3.59. The van der Waals surface area contributed by atoms with E-state index in [9.17, 15) is 4.79 Å². The van der Waals surface area contributed by atoms with Crippen LogP contribution in [-0.2, 0) is 11.8 Å². The summed E-state index contributed by atoms with van der Waals surface area (Å²) in [6, 6.07) is 7.74. The Morgan fingerprint density at radius 2 is 2.06 bits per heavy atom. The number of benzene rings is 1. The summed E-state index contributed by atoms with van der Waals surface area (Å²) in [5, 5.41) is 6.32. The molecule has 0 atom stereocenters. The van der Waals surface area contributed by atoms with Crippen molar-refractivity contribution in [2.75, 3.05) is 17.7 Å². The third-order valence-electron chi connectivity index (χ3n) is 5.36. The fourth-order valence-electron chi connectivity index (χ4n) is 3.57. The molecule has 3 aromatic heterocycles. The summed E-state index contributed by atoms with van der Waals surface area (Å²) in [6.07, 6.45) is 5.44. The summed E-state index contributed by atoms with van der Waals surface area (Å²) >= 11 is 0. The molecule has 0 unspecified atom stereocenters. The molecule has 158 valence electrons. The molecule has 1 fully saturated rings. The van der Waals surface area contributed by atoms with Gasteiger partial charge in [0, 0.05) is 24.6 Å². The first-order valence-electron chi connectivity index (χ1n) is 10.1. The monoisotopic (exact) mass is 417 g/mol. The number of aryl methyl sites for hydroxylation is 2. The highest BCUT2D eigenvalue weighted by atomic mass is 16.5. The molecule has 5 rings (SSSR count). The van der Waals surface area contributed by atoms with Gasteiger partial charge in [-0.05, 0) is 31.9 Å². The minimum absolute atomic E-state index is 0.00293. The molecule has 31 heavy (non-hydrogen) atoms. The summed E-state index contributed by atoms with van der Waals surface area (Å²) < 4.78 is 7.60. The number of fused-ring (bicyclic) bond motifs is 1. The molecule has 3 N–H and O–H groups in total. The average molecular weight is 417 g/mol. The molecule has 0 saturated heterocycles. The smallest absolute Gasteiger partial charge is 0.228 e. The first-order valence-corrected chi connectivity index (χ1v) is 10.1. The van der Waals surface area contributed by atoms with Gasteiger partial charge in [-0.1, -0.05) is 6.07 Å². The molecule has 4 aromatic rings. The lowest BCUT2D eigenvalue weighted by Gasteiger charge is -2.14. The van der Waals surface area contributed by atoms with E-state index in [0.29, 0.717) is 17.2 Å². The maximum Gasteiger partial charge on any atom is 0.228 e. The van der Waals surface area contributed by atoms with Crippen molar-refractivity contribution in [3.8, 4) is 17.0 Å². The van der Waals surface area contributed by atoms with Crippen LogP contribution < -0.4 is 15.4 Å². The summed E-state index contributed by atoms with van der Waals surface area (Å²) in [5.41, 5.74) is 4.83. The number of hydrogen-bond acceptors (Lipinski definition) is 6. The molecule has 0 spiro atoms. The summed E-state index contributed by atoms with van der Waals surface area (Å²) in [6.45, 7) is 1.87. The van der Waals surface area contributed by atoms with Gasteiger partial charge in [-0.15, -0.1) is 0 Å². The highest BCUT2D eigenvalue weighted by Gasteiger charge is 2.30. The summed E-state index contributed by atoms with van der Waals surface area (Å²) in [5.74, 6) is 2.00. The number of hydrogen-bond donors (Lipinski definition) is 3. The lowest BCUT2D eigenvalue weighted by Crippen LogP contribution is -2.14. The second-order valence-electron chi connectivity index (χ2n) is 7.77. The number of amides is 1. The zero-order chi connectivity index (χ0) is 21.5. The van der Waals surface area contributed by atoms with Gasteiger partial charge < -0.3 is 24.9 Å². The topological polar surface area (TPSA) is 110 Å². The normalized spacial score (nSPS) is 13.4. The molecule has 9 heteroatoms. The van der Waals surface area contributed by atoms with E-state index < -0.39 is 0 Å². The zero-order valence-electron chi connectivity index (χ0n) is 17.6. The average Bonchev–Trinajstić information content (AvgIpc) is 3.41. The quantitative estimate of drug-likeness (QED) is 0.441. The molecule has 0 radical (unpaired) electrons. The largest absolute Gasteiger partial charge is 0.495 e. The van der Waals surface area contributed by atoms with Crippen molar-refractivity contribution in [3.05, 3.63) is 42.6 Å². The summed E-state index contributed by atoms with van der Waals surface area (Å²) in [4.78, 5) is 28.6. The lowest BCUT2D eigenvalue weighted by molar-refractivity contribution is -0.117. The molecule has 9 nitrogen and oxygen atoms in total. The molecule has 3 heterocycles. The van der Waals surface area contributed by atoms with E-state index in [1.807, 2.05) is 49.0 Å². The van der Waals surface area contributed by atoms with Crippen LogP contribution in [0.25, 0.3) is 22.4 Å². The van der Waals surface area contributed by atoms with Crippen molar-refractivity contribution >= 4 is 34.3 Å². The van der Waals surface area contributed by atoms with Crippen LogP contribution in [0.5, 0.6) is 5.75 Å². The number of nitrogens with zero attached hydrogens (tertiary/aromatic N) is 4. The maximum atomic E-state index is 12.2. The molecule has 0 aliphatic heterocycles. The number of ether oxygens (including phenoxy) is 1. The fourth-order valence-corrected chi connectivity index (χ4v) is 3.57. The predicted molar refractivity (Wildman–Crippen MR) is 118 cm³/mol. The number of methoxy groups -OCH3 is 1. The Balaban J connectivity index is 1.51. The van der Waals surface area contributed by atoms with Crippen LogP contribution >= 0.6 is 0 Å². The van der Waals surface area contributed by atoms with Gasteiger partial charge in [-0.3, -0.25) is 4.79 Å². The fraction of sp³-hybridized carbons (Fsp3) is 0.273. The van der Waals surface area contributed by atoms with E-state index in [1.54, 1.807) is 13.4 Å². The van der Waals surface area contributed by atoms with Crippen molar-refractivity contribution < 1.29 is 9.53 Å². The van der Waals surface area contributed by atoms with Crippen molar-refractivity contribution in [1.82, 2.24) is 24.5 Å². The Morgan fingerprint density at radius 1 is 1.23 bits per heavy atom. The number of pyridine rings is 1. The van der Waals surface area contributed by atoms with Gasteiger partial charge in [-0.2, -0.15) is 0 Å². The molecule has 0 bridgehead atoms. The molecule has 1 aromatic carbocycles. The van der Waals surface area contributed by atoms with E-state index in [2.05, 4.69) is 30.6 Å². The Labute approximate surface area is 178 Å². The minimum Gasteiger partial charge on any atom is -0.495 e. The number of anilines is 3. The Kier molecular flexibility index (Phi) is 4.58. The van der Waals surface area contributed by atoms with Crippen molar-refractivity contribution in [2.45, 2.75) is 19.8 Å². The number of aromatic amines is 1. The van der Waals surface area contributed by atoms with E-state index in [0.717, 1.165) is 46.8 Å². The molecule has 1 aliphatic carbocycles. The highest BCUT2D eigenvalue weighted by Crippen LogP contribution is 2.35. The molecule has 1 saturated carbocycles. The Hall–Kier alpha value is -3.88. The SMILES string of the molecule is COc1cc(-c2cncn2C)ccc1Nc1cc(NC(=O)C2CC2)nc2nc(C)[nH]c12. The highest BCUT2D eigenvalue weighted by molar-refractivity contribution is 5.97. The van der Waals surface area contributed by atoms with Gasteiger partial charge in [0.1, 0.15) is 22.9 Å². The second kappa shape index (κ2) is 7.42. The Bertz CT molecular complexity index is 1290. The molecule has 1 aliphatic rings. The van der Waals surface area contributed by atoms with Crippen molar-refractivity contribution in [2.24, 2.45) is 13.0 Å². The number of carbonyl (C=O) groups excluding carboxylic acids is 1. The number of carbonyl (C=O) groups is 1. The number of imidazole rings is 2. The van der Waals surface area contributed by atoms with Crippen LogP contribution in [0.15, 0.2) is 36.8 Å². The minimum atomic E-state index is 0.00293. The van der Waals surface area contributed by atoms with Crippen LogP contribution in [0.1, 0.15) is 18.7 Å². The van der Waals surface area contributed by atoms with Crippen LogP contribution in [0.3, 0.4) is 0 Å². The number of H-pyrrole nitrogens is 1. The third-order valence-corrected chi connectivity index (χ3v) is 5.36. The number of aromatic nitrogens is 5. The van der Waals surface area contributed by atoms with E-state index in [1.165, 1.54) is 0 Å². The van der Waals surface area contributed by atoms with Crippen LogP contribution in [0.4, 0.5) is 17.2 Å². The van der Waals surface area contributed by atoms with Crippen LogP contribution in [0.2, 0.25) is 0 Å². The van der Waals surface area contributed by atoms with Crippen molar-refractivity contribution in [3.63, 3.8) is 0 Å². The number of nitrogens with one attached hydrogen (secondary N) is 3. The molecule has 1 amide bonds. The molecular formula is C22H23N7O2. The number of rotatable bonds is 6. The van der Waals surface area contributed by atoms with Gasteiger partial charge in [0.2, 0.25) is 5.91 Å². The lowest BCUT2D eigenvalue weighted by atomic mass is 10.1. The van der Waals surface area contributed by atoms with Gasteiger partial charge in [-0.25, -0.2) is 15.0 Å². The van der Waals surface area contributed by atoms with Gasteiger partial charge in [0.05, 0.1) is 36.7 Å². The van der Waals surface area contributed by atoms with Gasteiger partial charge in [0.25, 0.3) is 0 Å². The van der Waals surface area contributed by atoms with E-state index >= 15 is 0 Å². The molecular weight excluding hydrogens is 394 g/mol. The van der Waals surface area contributed by atoms with Crippen LogP contribution in [0, 0.1) is 12.8 Å². The van der Waals surface area contributed by atoms with Crippen molar-refractivity contribution in [1.29, 1.82) is 0 Å². The van der Waals surface area contributed by atoms with E-state index in [-0.39, 0.29) is 11.8 Å². The second-order valence-corrected chi connectivity index (χ2v) is 7.77. The maximum absolute atomic E-state index is 12.2. The predicted octanol–water partition coefficient (Wildman–Crippen LogP) is 3.77. The van der Waals surface area contributed by atoms with Gasteiger partial charge in [0.15, 0.2) is 5.65 Å². The Morgan fingerprint density at radius 3 is 2.77 bits per heavy atom.